The van der Waals surface area contributed by atoms with Gasteiger partial charge in [0, 0.05) is 25.7 Å². The number of hydrogen-bond donors (Lipinski definition) is 4. The second kappa shape index (κ2) is 15.5. The summed E-state index contributed by atoms with van der Waals surface area (Å²) in [5.74, 6) is -0.815. The van der Waals surface area contributed by atoms with Crippen molar-refractivity contribution in [1.82, 2.24) is 20.9 Å². The van der Waals surface area contributed by atoms with Gasteiger partial charge in [-0.3, -0.25) is 9.59 Å². The summed E-state index contributed by atoms with van der Waals surface area (Å²) < 4.78 is 5.45. The molecule has 1 unspecified atom stereocenters. The molecule has 0 aliphatic heterocycles. The first kappa shape index (κ1) is 31.3. The van der Waals surface area contributed by atoms with Crippen molar-refractivity contribution >= 4 is 23.7 Å². The molecule has 1 heterocycles. The number of benzene rings is 3. The quantitative estimate of drug-likeness (QED) is 0.179. The summed E-state index contributed by atoms with van der Waals surface area (Å²) in [6, 6.07) is 29.3. The Morgan fingerprint density at radius 3 is 1.84 bits per heavy atom. The highest BCUT2D eigenvalue weighted by Gasteiger charge is 2.28. The summed E-state index contributed by atoms with van der Waals surface area (Å²) in [5.41, 5.74) is 9.99. The number of alkyl carbamates (subject to hydrolysis) is 1. The maximum absolute atomic E-state index is 13.9. The van der Waals surface area contributed by atoms with Crippen LogP contribution in [-0.4, -0.2) is 35.0 Å². The molecule has 1 saturated carbocycles. The van der Waals surface area contributed by atoms with Crippen molar-refractivity contribution in [3.8, 4) is 0 Å². The number of carbonyl (C=O) groups excluding carboxylic acids is 3. The number of nitrogens with zero attached hydrogens (tertiary/aromatic N) is 1. The van der Waals surface area contributed by atoms with E-state index in [-0.39, 0.29) is 30.9 Å². The molecule has 0 radical (unpaired) electrons. The zero-order valence-electron chi connectivity index (χ0n) is 25.2. The Labute approximate surface area is 263 Å². The molecule has 3 amide bonds. The smallest absolute Gasteiger partial charge is 0.407 e. The third-order valence-electron chi connectivity index (χ3n) is 7.95. The topological polar surface area (TPSA) is 135 Å². The van der Waals surface area contributed by atoms with E-state index in [9.17, 15) is 14.4 Å². The van der Waals surface area contributed by atoms with Crippen LogP contribution in [0, 0.1) is 0 Å². The van der Waals surface area contributed by atoms with Crippen LogP contribution in [0.1, 0.15) is 59.4 Å². The van der Waals surface area contributed by atoms with E-state index < -0.39 is 18.1 Å². The number of pyridine rings is 1. The molecule has 9 heteroatoms. The second-order valence-electron chi connectivity index (χ2n) is 11.3. The summed E-state index contributed by atoms with van der Waals surface area (Å²) in [6.45, 7) is 0.620. The average Bonchev–Trinajstić information content (AvgIpc) is 3.58. The Hall–Kier alpha value is -5.18. The van der Waals surface area contributed by atoms with Gasteiger partial charge in [-0.25, -0.2) is 9.78 Å². The third kappa shape index (κ3) is 9.15. The molecular weight excluding hydrogens is 566 g/mol. The van der Waals surface area contributed by atoms with E-state index in [0.29, 0.717) is 12.4 Å². The van der Waals surface area contributed by atoms with Gasteiger partial charge in [0.2, 0.25) is 11.8 Å². The molecule has 232 valence electrons. The number of anilines is 1. The van der Waals surface area contributed by atoms with Gasteiger partial charge >= 0.3 is 6.09 Å². The van der Waals surface area contributed by atoms with Crippen LogP contribution < -0.4 is 21.7 Å². The second-order valence-corrected chi connectivity index (χ2v) is 11.3. The number of carbonyl (C=O) groups is 3. The van der Waals surface area contributed by atoms with Crippen LogP contribution in [0.4, 0.5) is 10.6 Å². The molecule has 0 bridgehead atoms. The molecule has 1 atom stereocenters. The molecule has 9 nitrogen and oxygen atoms in total. The molecule has 1 aliphatic carbocycles. The van der Waals surface area contributed by atoms with E-state index in [4.69, 9.17) is 10.5 Å². The molecule has 4 aromatic rings. The summed E-state index contributed by atoms with van der Waals surface area (Å²) in [4.78, 5) is 43.7. The van der Waals surface area contributed by atoms with Crippen molar-refractivity contribution in [3.63, 3.8) is 0 Å². The molecule has 3 aromatic carbocycles. The van der Waals surface area contributed by atoms with Crippen LogP contribution in [0.2, 0.25) is 0 Å². The van der Waals surface area contributed by atoms with Gasteiger partial charge in [0.25, 0.3) is 0 Å². The van der Waals surface area contributed by atoms with Crippen LogP contribution in [0.5, 0.6) is 0 Å². The lowest BCUT2D eigenvalue weighted by atomic mass is 9.90. The summed E-state index contributed by atoms with van der Waals surface area (Å²) in [5, 5.41) is 8.79. The van der Waals surface area contributed by atoms with Crippen LogP contribution in [0.3, 0.4) is 0 Å². The molecule has 0 spiro atoms. The molecule has 1 aromatic heterocycles. The number of nitrogen functional groups attached to an aromatic ring is 1. The standard InChI is InChI=1S/C36H39N5O4/c37-32-20-19-27(24-38-32)21-31(41-35(43)33(28-9-3-1-4-10-28)29-11-5-2-6-12-29)34(42)39-22-25-15-17-26(18-16-25)23-40-36(44)45-30-13-7-8-14-30/h1-6,9-12,15-20,24,30-31,33H,7-8,13-14,21-23H2,(H2,37,38)(H,39,42)(H,40,44)(H,41,43). The minimum atomic E-state index is -0.854. The van der Waals surface area contributed by atoms with E-state index in [0.717, 1.165) is 53.5 Å². The number of aromatic nitrogens is 1. The van der Waals surface area contributed by atoms with E-state index in [1.54, 1.807) is 18.3 Å². The fourth-order valence-corrected chi connectivity index (χ4v) is 5.50. The maximum atomic E-state index is 13.9. The van der Waals surface area contributed by atoms with Gasteiger partial charge < -0.3 is 26.4 Å². The first-order chi connectivity index (χ1) is 21.9. The molecule has 5 N–H and O–H groups in total. The summed E-state index contributed by atoms with van der Waals surface area (Å²) in [6.07, 6.45) is 5.53. The maximum Gasteiger partial charge on any atom is 0.407 e. The molecule has 1 fully saturated rings. The van der Waals surface area contributed by atoms with Gasteiger partial charge in [-0.1, -0.05) is 91.0 Å². The highest BCUT2D eigenvalue weighted by atomic mass is 16.6. The zero-order chi connectivity index (χ0) is 31.4. The van der Waals surface area contributed by atoms with Crippen LogP contribution >= 0.6 is 0 Å². The lowest BCUT2D eigenvalue weighted by Gasteiger charge is -2.23. The Morgan fingerprint density at radius 2 is 1.29 bits per heavy atom. The van der Waals surface area contributed by atoms with Crippen molar-refractivity contribution in [2.45, 2.75) is 63.3 Å². The predicted octanol–water partition coefficient (Wildman–Crippen LogP) is 5.01. The number of rotatable bonds is 12. The lowest BCUT2D eigenvalue weighted by molar-refractivity contribution is -0.129. The first-order valence-corrected chi connectivity index (χ1v) is 15.4. The van der Waals surface area contributed by atoms with Crippen molar-refractivity contribution in [3.05, 3.63) is 131 Å². The Kier molecular flexibility index (Phi) is 10.8. The van der Waals surface area contributed by atoms with Gasteiger partial charge in [0.15, 0.2) is 0 Å². The Balaban J connectivity index is 1.23. The normalized spacial score (nSPS) is 13.6. The van der Waals surface area contributed by atoms with Gasteiger partial charge in [0.05, 0.1) is 5.92 Å². The number of hydrogen-bond acceptors (Lipinski definition) is 6. The molecule has 1 aliphatic rings. The minimum Gasteiger partial charge on any atom is -0.446 e. The average molecular weight is 606 g/mol. The van der Waals surface area contributed by atoms with Gasteiger partial charge in [-0.15, -0.1) is 0 Å². The van der Waals surface area contributed by atoms with Crippen molar-refractivity contribution in [1.29, 1.82) is 0 Å². The monoisotopic (exact) mass is 605 g/mol. The van der Waals surface area contributed by atoms with E-state index in [2.05, 4.69) is 20.9 Å². The zero-order valence-corrected chi connectivity index (χ0v) is 25.2. The predicted molar refractivity (Wildman–Crippen MR) is 173 cm³/mol. The molecular formula is C36H39N5O4. The largest absolute Gasteiger partial charge is 0.446 e. The summed E-state index contributed by atoms with van der Waals surface area (Å²) in [7, 11) is 0. The van der Waals surface area contributed by atoms with E-state index in [1.807, 2.05) is 84.9 Å². The number of nitrogens with one attached hydrogen (secondary N) is 3. The Morgan fingerprint density at radius 1 is 0.733 bits per heavy atom. The third-order valence-corrected chi connectivity index (χ3v) is 7.95. The van der Waals surface area contributed by atoms with Crippen molar-refractivity contribution < 1.29 is 19.1 Å². The lowest BCUT2D eigenvalue weighted by Crippen LogP contribution is -2.49. The molecule has 5 rings (SSSR count). The van der Waals surface area contributed by atoms with Crippen molar-refractivity contribution in [2.75, 3.05) is 5.73 Å². The Bertz CT molecular complexity index is 1500. The van der Waals surface area contributed by atoms with Crippen LogP contribution in [-0.2, 0) is 33.8 Å². The highest BCUT2D eigenvalue weighted by molar-refractivity contribution is 5.92. The highest BCUT2D eigenvalue weighted by Crippen LogP contribution is 2.25. The first-order valence-electron chi connectivity index (χ1n) is 15.4. The van der Waals surface area contributed by atoms with E-state index >= 15 is 0 Å². The van der Waals surface area contributed by atoms with E-state index in [1.165, 1.54) is 0 Å². The number of ether oxygens (including phenoxy) is 1. The van der Waals surface area contributed by atoms with Crippen LogP contribution in [0.15, 0.2) is 103 Å². The number of nitrogens with two attached hydrogens (primary N) is 1. The fraction of sp³-hybridized carbons (Fsp3) is 0.278. The number of amides is 3. The summed E-state index contributed by atoms with van der Waals surface area (Å²) >= 11 is 0. The van der Waals surface area contributed by atoms with Gasteiger partial charge in [-0.05, 0) is 59.6 Å². The minimum absolute atomic E-state index is 0.0171. The van der Waals surface area contributed by atoms with Crippen molar-refractivity contribution in [2.24, 2.45) is 0 Å². The molecule has 45 heavy (non-hydrogen) atoms. The van der Waals surface area contributed by atoms with Crippen LogP contribution in [0.25, 0.3) is 0 Å². The molecule has 0 saturated heterocycles. The fourth-order valence-electron chi connectivity index (χ4n) is 5.50. The van der Waals surface area contributed by atoms with Gasteiger partial charge in [0.1, 0.15) is 18.0 Å². The SMILES string of the molecule is Nc1ccc(CC(NC(=O)C(c2ccccc2)c2ccccc2)C(=O)NCc2ccc(CNC(=O)OC3CCCC3)cc2)cn1. The van der Waals surface area contributed by atoms with Gasteiger partial charge in [-0.2, -0.15) is 0 Å².